The maximum absolute atomic E-state index is 13.3. The summed E-state index contributed by atoms with van der Waals surface area (Å²) in [5.74, 6) is -0.236. The van der Waals surface area contributed by atoms with Crippen LogP contribution in [-0.2, 0) is 4.79 Å². The van der Waals surface area contributed by atoms with Gasteiger partial charge in [-0.25, -0.2) is 0 Å². The van der Waals surface area contributed by atoms with Crippen LogP contribution in [0.2, 0.25) is 0 Å². The Bertz CT molecular complexity index is 974. The predicted molar refractivity (Wildman–Crippen MR) is 117 cm³/mol. The molecule has 0 radical (unpaired) electrons. The van der Waals surface area contributed by atoms with E-state index in [0.717, 1.165) is 13.1 Å². The third kappa shape index (κ3) is 4.66. The highest BCUT2D eigenvalue weighted by Gasteiger charge is 2.44. The number of hydrogen-bond donors (Lipinski definition) is 1. The summed E-state index contributed by atoms with van der Waals surface area (Å²) in [7, 11) is 0. The Morgan fingerprint density at radius 1 is 1.19 bits per heavy atom. The molecule has 1 atom stereocenters. The zero-order valence-electron chi connectivity index (χ0n) is 18.6. The molecule has 1 aliphatic rings. The van der Waals surface area contributed by atoms with Crippen LogP contribution in [0.15, 0.2) is 52.1 Å². The number of aryl methyl sites for hydroxylation is 1. The molecule has 2 heterocycles. The Labute approximate surface area is 182 Å². The first kappa shape index (κ1) is 22.6. The first-order valence-corrected chi connectivity index (χ1v) is 10.7. The van der Waals surface area contributed by atoms with Gasteiger partial charge >= 0.3 is 0 Å². The number of likely N-dealkylation sites (N-methyl/N-ethyl adjacent to an activating group) is 1. The van der Waals surface area contributed by atoms with E-state index in [1.807, 2.05) is 31.2 Å². The summed E-state index contributed by atoms with van der Waals surface area (Å²) in [5.41, 5.74) is 0.738. The molecule has 1 N–H and O–H groups in total. The summed E-state index contributed by atoms with van der Waals surface area (Å²) in [5, 5.41) is 10.7. The van der Waals surface area contributed by atoms with E-state index in [-0.39, 0.29) is 11.3 Å². The van der Waals surface area contributed by atoms with Gasteiger partial charge in [0.25, 0.3) is 5.91 Å². The Morgan fingerprint density at radius 3 is 2.55 bits per heavy atom. The number of nitrogens with zero attached hydrogens (tertiary/aromatic N) is 2. The minimum Gasteiger partial charge on any atom is -0.503 e. The molecule has 1 aromatic carbocycles. The number of rotatable bonds is 10. The average molecular weight is 427 g/mol. The molecule has 0 saturated heterocycles. The fraction of sp³-hybridized carbons (Fsp3) is 0.417. The zero-order valence-corrected chi connectivity index (χ0v) is 18.6. The summed E-state index contributed by atoms with van der Waals surface area (Å²) in [6.45, 7) is 10.9. The fourth-order valence-corrected chi connectivity index (χ4v) is 3.88. The number of carbonyl (C=O) groups excluding carboxylic acids is 2. The lowest BCUT2D eigenvalue weighted by molar-refractivity contribution is -0.129. The van der Waals surface area contributed by atoms with Crippen molar-refractivity contribution in [1.82, 2.24) is 9.80 Å². The van der Waals surface area contributed by atoms with Crippen LogP contribution in [0.3, 0.4) is 0 Å². The van der Waals surface area contributed by atoms with Crippen molar-refractivity contribution in [3.05, 3.63) is 64.8 Å². The lowest BCUT2D eigenvalue weighted by Gasteiger charge is -2.29. The summed E-state index contributed by atoms with van der Waals surface area (Å²) in [4.78, 5) is 30.0. The summed E-state index contributed by atoms with van der Waals surface area (Å²) < 4.78 is 11.1. The number of aliphatic hydroxyl groups is 1. The van der Waals surface area contributed by atoms with Crippen molar-refractivity contribution in [3.8, 4) is 5.75 Å². The number of aliphatic hydroxyl groups excluding tert-OH is 1. The number of hydrogen-bond acceptors (Lipinski definition) is 6. The Balaban J connectivity index is 2.03. The van der Waals surface area contributed by atoms with Crippen LogP contribution in [0.5, 0.6) is 5.75 Å². The highest BCUT2D eigenvalue weighted by atomic mass is 16.5. The maximum atomic E-state index is 13.3. The molecule has 2 aromatic rings. The smallest absolute Gasteiger partial charge is 0.290 e. The van der Waals surface area contributed by atoms with E-state index in [4.69, 9.17) is 9.15 Å². The van der Waals surface area contributed by atoms with Crippen molar-refractivity contribution in [2.45, 2.75) is 33.7 Å². The topological polar surface area (TPSA) is 83.2 Å². The lowest BCUT2D eigenvalue weighted by atomic mass is 9.95. The minimum absolute atomic E-state index is 0.0348. The molecule has 0 saturated carbocycles. The number of furan rings is 1. The Morgan fingerprint density at radius 2 is 1.94 bits per heavy atom. The van der Waals surface area contributed by atoms with Gasteiger partial charge in [0.2, 0.25) is 5.78 Å². The second-order valence-corrected chi connectivity index (χ2v) is 7.44. The van der Waals surface area contributed by atoms with Gasteiger partial charge in [0.15, 0.2) is 11.5 Å². The summed E-state index contributed by atoms with van der Waals surface area (Å²) >= 11 is 0. The Hall–Kier alpha value is -3.06. The van der Waals surface area contributed by atoms with Crippen molar-refractivity contribution < 1.29 is 23.8 Å². The van der Waals surface area contributed by atoms with Crippen LogP contribution in [0.4, 0.5) is 0 Å². The molecule has 0 aliphatic carbocycles. The first-order valence-electron chi connectivity index (χ1n) is 10.7. The molecule has 0 bridgehead atoms. The van der Waals surface area contributed by atoms with Gasteiger partial charge in [0.1, 0.15) is 11.5 Å². The van der Waals surface area contributed by atoms with Gasteiger partial charge in [-0.3, -0.25) is 9.59 Å². The van der Waals surface area contributed by atoms with Crippen LogP contribution in [0.25, 0.3) is 0 Å². The number of amides is 1. The number of ether oxygens (including phenoxy) is 1. The molecule has 1 aromatic heterocycles. The fourth-order valence-electron chi connectivity index (χ4n) is 3.88. The van der Waals surface area contributed by atoms with E-state index in [1.54, 1.807) is 24.0 Å². The van der Waals surface area contributed by atoms with Gasteiger partial charge < -0.3 is 24.1 Å². The van der Waals surface area contributed by atoms with Crippen molar-refractivity contribution in [2.75, 3.05) is 32.8 Å². The van der Waals surface area contributed by atoms with Crippen molar-refractivity contribution >= 4 is 11.7 Å². The molecule has 1 unspecified atom stereocenters. The molecule has 0 fully saturated rings. The van der Waals surface area contributed by atoms with E-state index in [9.17, 15) is 14.7 Å². The highest BCUT2D eigenvalue weighted by molar-refractivity contribution is 6.15. The molecule has 0 spiro atoms. The average Bonchev–Trinajstić information content (AvgIpc) is 3.31. The third-order valence-electron chi connectivity index (χ3n) is 5.55. The molecule has 7 heteroatoms. The molecule has 1 aliphatic heterocycles. The largest absolute Gasteiger partial charge is 0.503 e. The molecule has 3 rings (SSSR count). The number of Topliss-reactive ketones (excluding diaryl/α,β-unsaturated/α-hetero) is 1. The van der Waals surface area contributed by atoms with Crippen LogP contribution >= 0.6 is 0 Å². The van der Waals surface area contributed by atoms with Gasteiger partial charge in [-0.1, -0.05) is 26.0 Å². The lowest BCUT2D eigenvalue weighted by Crippen LogP contribution is -2.38. The molecular weight excluding hydrogens is 396 g/mol. The molecule has 7 nitrogen and oxygen atoms in total. The van der Waals surface area contributed by atoms with E-state index in [1.165, 1.54) is 0 Å². The van der Waals surface area contributed by atoms with E-state index >= 15 is 0 Å². The van der Waals surface area contributed by atoms with Gasteiger partial charge in [-0.15, -0.1) is 0 Å². The second-order valence-electron chi connectivity index (χ2n) is 7.44. The molecule has 1 amide bonds. The minimum atomic E-state index is -0.721. The van der Waals surface area contributed by atoms with Gasteiger partial charge in [0, 0.05) is 13.1 Å². The van der Waals surface area contributed by atoms with Crippen molar-refractivity contribution in [2.24, 2.45) is 0 Å². The predicted octanol–water partition coefficient (Wildman–Crippen LogP) is 3.91. The SMILES string of the molecule is CCOc1cccc(C2C(C(=O)c3ccc(C)o3)=C(O)C(=O)N2CCN(CC)CC)c1. The number of ketones is 1. The quantitative estimate of drug-likeness (QED) is 0.580. The van der Waals surface area contributed by atoms with Crippen molar-refractivity contribution in [1.29, 1.82) is 0 Å². The third-order valence-corrected chi connectivity index (χ3v) is 5.55. The molecule has 31 heavy (non-hydrogen) atoms. The normalized spacial score (nSPS) is 16.5. The maximum Gasteiger partial charge on any atom is 0.290 e. The second kappa shape index (κ2) is 9.83. The van der Waals surface area contributed by atoms with Crippen molar-refractivity contribution in [3.63, 3.8) is 0 Å². The summed E-state index contributed by atoms with van der Waals surface area (Å²) in [6.07, 6.45) is 0. The molecular formula is C24H30N2O5. The van der Waals surface area contributed by atoms with E-state index in [0.29, 0.717) is 36.8 Å². The molecule has 166 valence electrons. The van der Waals surface area contributed by atoms with Gasteiger partial charge in [0.05, 0.1) is 18.2 Å². The Kier molecular flexibility index (Phi) is 7.17. The standard InChI is InChI=1S/C24H30N2O5/c1-5-25(6-2)13-14-26-21(17-9-8-10-18(15-17)30-7-3)20(23(28)24(26)29)22(27)19-12-11-16(4)31-19/h8-12,15,21,28H,5-7,13-14H2,1-4H3. The van der Waals surface area contributed by atoms with Crippen LogP contribution in [0, 0.1) is 6.92 Å². The highest BCUT2D eigenvalue weighted by Crippen LogP contribution is 2.40. The van der Waals surface area contributed by atoms with Crippen LogP contribution in [0.1, 0.15) is 48.7 Å². The first-order chi connectivity index (χ1) is 14.9. The monoisotopic (exact) mass is 426 g/mol. The van der Waals surface area contributed by atoms with Gasteiger partial charge in [-0.05, 0) is 56.8 Å². The van der Waals surface area contributed by atoms with Crippen LogP contribution < -0.4 is 4.74 Å². The summed E-state index contributed by atoms with van der Waals surface area (Å²) in [6, 6.07) is 9.82. The number of benzene rings is 1. The van der Waals surface area contributed by atoms with Crippen LogP contribution in [-0.4, -0.2) is 59.4 Å². The zero-order chi connectivity index (χ0) is 22.5. The van der Waals surface area contributed by atoms with E-state index < -0.39 is 23.5 Å². The van der Waals surface area contributed by atoms with Gasteiger partial charge in [-0.2, -0.15) is 0 Å². The number of carbonyl (C=O) groups is 2. The van der Waals surface area contributed by atoms with E-state index in [2.05, 4.69) is 18.7 Å².